The molecule has 0 unspecified atom stereocenters. The van der Waals surface area contributed by atoms with Crippen molar-refractivity contribution in [2.24, 2.45) is 0 Å². The molecule has 1 N–H and O–H groups in total. The van der Waals surface area contributed by atoms with Crippen LogP contribution in [0.5, 0.6) is 0 Å². The van der Waals surface area contributed by atoms with Crippen LogP contribution >= 0.6 is 11.6 Å². The number of rotatable bonds is 1. The van der Waals surface area contributed by atoms with Gasteiger partial charge in [0.1, 0.15) is 5.60 Å². The van der Waals surface area contributed by atoms with Crippen LogP contribution in [0.2, 0.25) is 5.35 Å². The molecule has 1 heterocycles. The number of halogens is 1. The Morgan fingerprint density at radius 3 is 2.27 bits per heavy atom. The molecule has 4 heteroatoms. The molecule has 0 amide bonds. The maximum absolute atomic E-state index is 9.49. The van der Waals surface area contributed by atoms with Crippen molar-refractivity contribution in [2.45, 2.75) is 26.4 Å². The van der Waals surface area contributed by atoms with E-state index in [9.17, 15) is 5.11 Å². The third-order valence-electron chi connectivity index (χ3n) is 1.33. The smallest absolute Gasteiger partial charge is 0.292 e. The van der Waals surface area contributed by atoms with E-state index in [0.717, 1.165) is 0 Å². The Labute approximate surface area is 70.0 Å². The minimum atomic E-state index is -1.01. The van der Waals surface area contributed by atoms with Gasteiger partial charge in [-0.2, -0.15) is 0 Å². The predicted octanol–water partition coefficient (Wildman–Crippen LogP) is 1.86. The molecule has 0 saturated carbocycles. The number of hydrogen-bond donors (Lipinski definition) is 1. The van der Waals surface area contributed by atoms with Crippen molar-refractivity contribution >= 4 is 11.6 Å². The summed E-state index contributed by atoms with van der Waals surface area (Å²) in [6, 6.07) is 0. The van der Waals surface area contributed by atoms with Gasteiger partial charge in [-0.25, -0.2) is 4.98 Å². The van der Waals surface area contributed by atoms with Crippen LogP contribution in [0.25, 0.3) is 0 Å². The van der Waals surface area contributed by atoms with Gasteiger partial charge >= 0.3 is 0 Å². The molecule has 0 saturated heterocycles. The molecule has 11 heavy (non-hydrogen) atoms. The van der Waals surface area contributed by atoms with Crippen LogP contribution in [0.3, 0.4) is 0 Å². The lowest BCUT2D eigenvalue weighted by atomic mass is 10.1. The molecule has 3 nitrogen and oxygen atoms in total. The third-order valence-corrected chi connectivity index (χ3v) is 1.49. The van der Waals surface area contributed by atoms with Crippen molar-refractivity contribution in [1.82, 2.24) is 4.98 Å². The lowest BCUT2D eigenvalue weighted by molar-refractivity contribution is 0.0534. The zero-order chi connectivity index (χ0) is 8.65. The minimum absolute atomic E-state index is 0.0691. The first kappa shape index (κ1) is 8.56. The van der Waals surface area contributed by atoms with E-state index in [1.165, 1.54) is 0 Å². The second-order valence-electron chi connectivity index (χ2n) is 2.94. The number of oxazole rings is 1. The molecule has 0 aliphatic rings. The van der Waals surface area contributed by atoms with E-state index in [1.807, 2.05) is 0 Å². The average Bonchev–Trinajstić information content (AvgIpc) is 2.08. The van der Waals surface area contributed by atoms with Gasteiger partial charge in [0.05, 0.1) is 5.69 Å². The van der Waals surface area contributed by atoms with Crippen LogP contribution in [-0.2, 0) is 5.60 Å². The molecule has 62 valence electrons. The molecule has 0 spiro atoms. The van der Waals surface area contributed by atoms with E-state index in [4.69, 9.17) is 16.0 Å². The molecule has 0 fully saturated rings. The summed E-state index contributed by atoms with van der Waals surface area (Å²) >= 11 is 5.48. The van der Waals surface area contributed by atoms with Crippen LogP contribution < -0.4 is 0 Å². The van der Waals surface area contributed by atoms with E-state index in [2.05, 4.69) is 4.98 Å². The summed E-state index contributed by atoms with van der Waals surface area (Å²) in [7, 11) is 0. The highest BCUT2D eigenvalue weighted by molar-refractivity contribution is 6.27. The fourth-order valence-corrected chi connectivity index (χ4v) is 1.14. The standard InChI is InChI=1S/C7H10ClNO2/c1-4-5(7(2,3)10)11-6(8)9-4/h10H,1-3H3. The van der Waals surface area contributed by atoms with Crippen LogP contribution in [0, 0.1) is 6.92 Å². The largest absolute Gasteiger partial charge is 0.429 e. The Hall–Kier alpha value is -0.540. The zero-order valence-corrected chi connectivity index (χ0v) is 7.44. The Kier molecular flexibility index (Phi) is 1.94. The predicted molar refractivity (Wildman–Crippen MR) is 41.5 cm³/mol. The van der Waals surface area contributed by atoms with Gasteiger partial charge in [0.25, 0.3) is 5.35 Å². The van der Waals surface area contributed by atoms with Crippen molar-refractivity contribution in [2.75, 3.05) is 0 Å². The van der Waals surface area contributed by atoms with Crippen molar-refractivity contribution in [3.63, 3.8) is 0 Å². The SMILES string of the molecule is Cc1nc(Cl)oc1C(C)(C)O. The molecule has 1 rings (SSSR count). The molecule has 0 aliphatic carbocycles. The Bertz CT molecular complexity index is 262. The maximum Gasteiger partial charge on any atom is 0.292 e. The van der Waals surface area contributed by atoms with Crippen LogP contribution in [0.4, 0.5) is 0 Å². The molecule has 0 aliphatic heterocycles. The van der Waals surface area contributed by atoms with Gasteiger partial charge in [-0.15, -0.1) is 0 Å². The summed E-state index contributed by atoms with van der Waals surface area (Å²) in [4.78, 5) is 3.82. The van der Waals surface area contributed by atoms with Crippen molar-refractivity contribution in [1.29, 1.82) is 0 Å². The fourth-order valence-electron chi connectivity index (χ4n) is 0.931. The van der Waals surface area contributed by atoms with Gasteiger partial charge in [-0.3, -0.25) is 0 Å². The van der Waals surface area contributed by atoms with Gasteiger partial charge in [0.15, 0.2) is 5.76 Å². The number of aliphatic hydroxyl groups is 1. The monoisotopic (exact) mass is 175 g/mol. The first-order valence-corrected chi connectivity index (χ1v) is 3.65. The van der Waals surface area contributed by atoms with Crippen LogP contribution in [0.15, 0.2) is 4.42 Å². The van der Waals surface area contributed by atoms with Crippen LogP contribution in [-0.4, -0.2) is 10.1 Å². The average molecular weight is 176 g/mol. The topological polar surface area (TPSA) is 46.3 Å². The van der Waals surface area contributed by atoms with Crippen molar-refractivity contribution in [3.8, 4) is 0 Å². The van der Waals surface area contributed by atoms with Crippen LogP contribution in [0.1, 0.15) is 25.3 Å². The Balaban J connectivity index is 3.13. The van der Waals surface area contributed by atoms with E-state index in [0.29, 0.717) is 11.5 Å². The summed E-state index contributed by atoms with van der Waals surface area (Å²) in [5, 5.41) is 9.56. The quantitative estimate of drug-likeness (QED) is 0.709. The summed E-state index contributed by atoms with van der Waals surface area (Å²) in [6.07, 6.45) is 0. The molecular formula is C7H10ClNO2. The Morgan fingerprint density at radius 2 is 2.09 bits per heavy atom. The lowest BCUT2D eigenvalue weighted by Crippen LogP contribution is -2.15. The summed E-state index contributed by atoms with van der Waals surface area (Å²) < 4.78 is 4.98. The minimum Gasteiger partial charge on any atom is -0.429 e. The third kappa shape index (κ3) is 1.73. The van der Waals surface area contributed by atoms with E-state index in [-0.39, 0.29) is 5.35 Å². The van der Waals surface area contributed by atoms with Gasteiger partial charge in [0.2, 0.25) is 0 Å². The maximum atomic E-state index is 9.49. The highest BCUT2D eigenvalue weighted by Gasteiger charge is 2.24. The van der Waals surface area contributed by atoms with Gasteiger partial charge in [0, 0.05) is 0 Å². The Morgan fingerprint density at radius 1 is 1.55 bits per heavy atom. The molecular weight excluding hydrogens is 166 g/mol. The van der Waals surface area contributed by atoms with Crippen molar-refractivity contribution in [3.05, 3.63) is 16.8 Å². The molecule has 0 aromatic carbocycles. The molecule has 0 atom stereocenters. The van der Waals surface area contributed by atoms with Gasteiger partial charge < -0.3 is 9.52 Å². The van der Waals surface area contributed by atoms with Gasteiger partial charge in [-0.05, 0) is 32.4 Å². The first-order valence-electron chi connectivity index (χ1n) is 3.27. The molecule has 0 radical (unpaired) electrons. The molecule has 1 aromatic heterocycles. The van der Waals surface area contributed by atoms with E-state index >= 15 is 0 Å². The fraction of sp³-hybridized carbons (Fsp3) is 0.571. The number of nitrogens with zero attached hydrogens (tertiary/aromatic N) is 1. The molecule has 1 aromatic rings. The summed E-state index contributed by atoms with van der Waals surface area (Å²) in [6.45, 7) is 4.98. The van der Waals surface area contributed by atoms with Crippen molar-refractivity contribution < 1.29 is 9.52 Å². The van der Waals surface area contributed by atoms with Gasteiger partial charge in [-0.1, -0.05) is 0 Å². The number of aryl methyl sites for hydroxylation is 1. The molecule has 0 bridgehead atoms. The number of aromatic nitrogens is 1. The summed E-state index contributed by atoms with van der Waals surface area (Å²) in [5.41, 5.74) is -0.382. The highest BCUT2D eigenvalue weighted by atomic mass is 35.5. The second-order valence-corrected chi connectivity index (χ2v) is 3.26. The van der Waals surface area contributed by atoms with E-state index < -0.39 is 5.60 Å². The lowest BCUT2D eigenvalue weighted by Gasteiger charge is -2.13. The summed E-state index contributed by atoms with van der Waals surface area (Å²) in [5.74, 6) is 0.419. The highest BCUT2D eigenvalue weighted by Crippen LogP contribution is 2.25. The first-order chi connectivity index (χ1) is 4.91. The number of hydrogen-bond acceptors (Lipinski definition) is 3. The normalized spacial score (nSPS) is 12.1. The van der Waals surface area contributed by atoms with E-state index in [1.54, 1.807) is 20.8 Å². The second kappa shape index (κ2) is 2.50. The zero-order valence-electron chi connectivity index (χ0n) is 6.68.